The number of hydrogen-bond acceptors (Lipinski definition) is 5. The summed E-state index contributed by atoms with van der Waals surface area (Å²) in [6.45, 7) is 6.65. The SMILES string of the molecule is CC(C)(C)c1ccc2c(ccc3oc(=O)c(-c4ccc(-c5ccc6c(c5)c5cc(-c7cccc(-c8cc9c%10ccccc%10c%10ccccc%10c9oc8=O)c7)ccc5n6-c5ccccc5)s4)cc32)c1. The van der Waals surface area contributed by atoms with Crippen LogP contribution in [-0.4, -0.2) is 4.57 Å². The van der Waals surface area contributed by atoms with Gasteiger partial charge in [0.25, 0.3) is 0 Å². The van der Waals surface area contributed by atoms with E-state index in [1.165, 1.54) is 5.56 Å². The van der Waals surface area contributed by atoms with Crippen LogP contribution in [-0.2, 0) is 5.41 Å². The standard InChI is InChI=1S/C62H41NO4S/c1-62(2,3)41-23-24-43-39(31-41)22-27-56-51(43)35-53(61(65)66-56)58-29-28-57(68-58)40-21-26-55-50(33-40)49-32-37(20-25-54(49)63(55)42-14-5-4-6-15-42)36-12-11-13-38(30-36)48-34-52-46-18-8-7-16-44(46)45-17-9-10-19-47(45)59(52)67-60(48)64/h4-35H,1-3H3. The average Bonchev–Trinajstić information content (AvgIpc) is 3.99. The van der Waals surface area contributed by atoms with Gasteiger partial charge in [-0.3, -0.25) is 0 Å². The van der Waals surface area contributed by atoms with Crippen LogP contribution in [0.4, 0.5) is 0 Å². The summed E-state index contributed by atoms with van der Waals surface area (Å²) in [5.41, 5.74) is 9.93. The fraction of sp³-hybridized carbons (Fsp3) is 0.0645. The van der Waals surface area contributed by atoms with E-state index in [4.69, 9.17) is 8.83 Å². The highest BCUT2D eigenvalue weighted by atomic mass is 32.1. The van der Waals surface area contributed by atoms with E-state index in [9.17, 15) is 9.59 Å². The first-order valence-electron chi connectivity index (χ1n) is 22.9. The van der Waals surface area contributed by atoms with Gasteiger partial charge in [0.05, 0.1) is 22.2 Å². The molecule has 4 heterocycles. The van der Waals surface area contributed by atoms with Gasteiger partial charge in [-0.2, -0.15) is 0 Å². The van der Waals surface area contributed by atoms with Crippen LogP contribution in [0.3, 0.4) is 0 Å². The Morgan fingerprint density at radius 2 is 1.03 bits per heavy atom. The zero-order chi connectivity index (χ0) is 45.8. The highest BCUT2D eigenvalue weighted by Gasteiger charge is 2.20. The molecule has 0 radical (unpaired) electrons. The number of para-hydroxylation sites is 1. The second-order valence-electron chi connectivity index (χ2n) is 18.8. The zero-order valence-corrected chi connectivity index (χ0v) is 38.3. The maximum atomic E-state index is 13.9. The Labute approximate surface area is 394 Å². The molecule has 0 aliphatic heterocycles. The highest BCUT2D eigenvalue weighted by Crippen LogP contribution is 2.42. The molecular weight excluding hydrogens is 855 g/mol. The fourth-order valence-corrected chi connectivity index (χ4v) is 11.2. The Balaban J connectivity index is 0.922. The maximum absolute atomic E-state index is 13.9. The lowest BCUT2D eigenvalue weighted by Crippen LogP contribution is -2.10. The largest absolute Gasteiger partial charge is 0.422 e. The number of thiophene rings is 1. The van der Waals surface area contributed by atoms with Gasteiger partial charge in [-0.1, -0.05) is 142 Å². The van der Waals surface area contributed by atoms with E-state index >= 15 is 0 Å². The molecule has 9 aromatic carbocycles. The van der Waals surface area contributed by atoms with Crippen molar-refractivity contribution in [1.82, 2.24) is 4.57 Å². The van der Waals surface area contributed by atoms with Crippen molar-refractivity contribution < 1.29 is 8.83 Å². The molecule has 0 saturated heterocycles. The van der Waals surface area contributed by atoms with Crippen molar-refractivity contribution in [3.8, 4) is 48.8 Å². The minimum absolute atomic E-state index is 0.0198. The third kappa shape index (κ3) is 6.36. The van der Waals surface area contributed by atoms with Crippen molar-refractivity contribution in [2.75, 3.05) is 0 Å². The summed E-state index contributed by atoms with van der Waals surface area (Å²) < 4.78 is 14.5. The Morgan fingerprint density at radius 3 is 1.79 bits per heavy atom. The highest BCUT2D eigenvalue weighted by molar-refractivity contribution is 7.18. The number of aromatic nitrogens is 1. The number of fused-ring (bicyclic) bond motifs is 12. The predicted octanol–water partition coefficient (Wildman–Crippen LogP) is 16.5. The Kier molecular flexibility index (Phi) is 8.89. The van der Waals surface area contributed by atoms with Crippen molar-refractivity contribution in [1.29, 1.82) is 0 Å². The molecule has 0 spiro atoms. The van der Waals surface area contributed by atoms with Crippen molar-refractivity contribution in [3.63, 3.8) is 0 Å². The molecule has 6 heteroatoms. The fourth-order valence-electron chi connectivity index (χ4n) is 10.2. The summed E-state index contributed by atoms with van der Waals surface area (Å²) >= 11 is 1.59. The third-order valence-corrected chi connectivity index (χ3v) is 14.8. The molecule has 0 amide bonds. The van der Waals surface area contributed by atoms with Crippen LogP contribution in [0.5, 0.6) is 0 Å². The first-order valence-corrected chi connectivity index (χ1v) is 23.7. The van der Waals surface area contributed by atoms with Crippen LogP contribution in [0.25, 0.3) is 125 Å². The molecule has 5 nitrogen and oxygen atoms in total. The zero-order valence-electron chi connectivity index (χ0n) is 37.5. The van der Waals surface area contributed by atoms with Crippen LogP contribution >= 0.6 is 11.3 Å². The van der Waals surface area contributed by atoms with Gasteiger partial charge in [-0.15, -0.1) is 11.3 Å². The van der Waals surface area contributed by atoms with Crippen molar-refractivity contribution >= 4 is 87.4 Å². The van der Waals surface area contributed by atoms with Gasteiger partial charge < -0.3 is 13.4 Å². The topological polar surface area (TPSA) is 65.3 Å². The van der Waals surface area contributed by atoms with Crippen molar-refractivity contribution in [2.45, 2.75) is 26.2 Å². The van der Waals surface area contributed by atoms with Gasteiger partial charge in [0.2, 0.25) is 0 Å². The average molecular weight is 896 g/mol. The van der Waals surface area contributed by atoms with Gasteiger partial charge in [0.1, 0.15) is 11.2 Å². The van der Waals surface area contributed by atoms with Crippen molar-refractivity contribution in [2.24, 2.45) is 0 Å². The molecule has 0 aliphatic carbocycles. The minimum Gasteiger partial charge on any atom is -0.422 e. The maximum Gasteiger partial charge on any atom is 0.345 e. The summed E-state index contributed by atoms with van der Waals surface area (Å²) in [6.07, 6.45) is 0. The quantitative estimate of drug-likeness (QED) is 0.128. The van der Waals surface area contributed by atoms with Crippen LogP contribution in [0.1, 0.15) is 26.3 Å². The molecule has 0 fully saturated rings. The monoisotopic (exact) mass is 895 g/mol. The molecule has 0 atom stereocenters. The van der Waals surface area contributed by atoms with Gasteiger partial charge in [-0.05, 0) is 133 Å². The molecule has 68 heavy (non-hydrogen) atoms. The molecule has 13 rings (SSSR count). The van der Waals surface area contributed by atoms with Gasteiger partial charge in [0.15, 0.2) is 0 Å². The molecule has 0 unspecified atom stereocenters. The molecular formula is C62H41NO4S. The van der Waals surface area contributed by atoms with E-state index in [1.807, 2.05) is 78.9 Å². The second kappa shape index (κ2) is 15.1. The van der Waals surface area contributed by atoms with Crippen LogP contribution in [0.15, 0.2) is 213 Å². The number of nitrogens with zero attached hydrogens (tertiary/aromatic N) is 1. The summed E-state index contributed by atoms with van der Waals surface area (Å²) in [4.78, 5) is 29.4. The summed E-state index contributed by atoms with van der Waals surface area (Å²) in [5.74, 6) is 0. The third-order valence-electron chi connectivity index (χ3n) is 13.7. The molecule has 0 saturated carbocycles. The summed E-state index contributed by atoms with van der Waals surface area (Å²) in [5, 5.41) is 10.4. The first kappa shape index (κ1) is 40.0. The van der Waals surface area contributed by atoms with Gasteiger partial charge in [-0.25, -0.2) is 9.59 Å². The summed E-state index contributed by atoms with van der Waals surface area (Å²) in [7, 11) is 0. The van der Waals surface area contributed by atoms with E-state index in [0.717, 1.165) is 103 Å². The van der Waals surface area contributed by atoms with E-state index in [0.29, 0.717) is 22.3 Å². The molecule has 0 aliphatic rings. The Bertz CT molecular complexity index is 4350. The lowest BCUT2D eigenvalue weighted by atomic mass is 9.85. The molecule has 0 N–H and O–H groups in total. The summed E-state index contributed by atoms with van der Waals surface area (Å²) in [6, 6.07) is 67.0. The lowest BCUT2D eigenvalue weighted by molar-refractivity contribution is 0.564. The van der Waals surface area contributed by atoms with E-state index in [-0.39, 0.29) is 16.7 Å². The number of benzene rings is 9. The predicted molar refractivity (Wildman–Crippen MR) is 284 cm³/mol. The Hall–Kier alpha value is -8.32. The second-order valence-corrected chi connectivity index (χ2v) is 19.9. The minimum atomic E-state index is -0.370. The Morgan fingerprint density at radius 1 is 0.412 bits per heavy atom. The first-order chi connectivity index (χ1) is 33.1. The molecule has 13 aromatic rings. The van der Waals surface area contributed by atoms with Crippen LogP contribution in [0.2, 0.25) is 0 Å². The lowest BCUT2D eigenvalue weighted by Gasteiger charge is -2.19. The number of rotatable bonds is 5. The molecule has 4 aromatic heterocycles. The van der Waals surface area contributed by atoms with Crippen molar-refractivity contribution in [3.05, 3.63) is 221 Å². The van der Waals surface area contributed by atoms with E-state index in [2.05, 4.69) is 141 Å². The number of hydrogen-bond donors (Lipinski definition) is 0. The van der Waals surface area contributed by atoms with Crippen LogP contribution < -0.4 is 11.3 Å². The van der Waals surface area contributed by atoms with E-state index in [1.54, 1.807) is 11.3 Å². The van der Waals surface area contributed by atoms with Gasteiger partial charge in [0, 0.05) is 42.4 Å². The smallest absolute Gasteiger partial charge is 0.345 e. The molecule has 324 valence electrons. The van der Waals surface area contributed by atoms with E-state index < -0.39 is 0 Å². The normalized spacial score (nSPS) is 12.2. The van der Waals surface area contributed by atoms with Gasteiger partial charge >= 0.3 is 11.3 Å². The molecule has 0 bridgehead atoms. The van der Waals surface area contributed by atoms with Crippen LogP contribution in [0, 0.1) is 0 Å².